The van der Waals surface area contributed by atoms with Crippen LogP contribution in [-0.4, -0.2) is 40.9 Å². The maximum atomic E-state index is 11.7. The predicted octanol–water partition coefficient (Wildman–Crippen LogP) is 1.48. The SMILES string of the molecule is COC(=O)c1cccn2nc(CC3CCOCC3)nc12. The van der Waals surface area contributed by atoms with Crippen molar-refractivity contribution in [2.75, 3.05) is 20.3 Å². The smallest absolute Gasteiger partial charge is 0.341 e. The van der Waals surface area contributed by atoms with E-state index in [0.29, 0.717) is 17.1 Å². The van der Waals surface area contributed by atoms with Gasteiger partial charge in [-0.25, -0.2) is 14.3 Å². The standard InChI is InChI=1S/C14H17N3O3/c1-19-14(18)11-3-2-6-17-13(11)15-12(16-17)9-10-4-7-20-8-5-10/h2-3,6,10H,4-5,7-9H2,1H3. The first kappa shape index (κ1) is 13.1. The van der Waals surface area contributed by atoms with Crippen LogP contribution < -0.4 is 0 Å². The van der Waals surface area contributed by atoms with Crippen LogP contribution in [0.15, 0.2) is 18.3 Å². The van der Waals surface area contributed by atoms with Crippen LogP contribution in [0.1, 0.15) is 29.0 Å². The molecule has 2 aromatic rings. The molecule has 0 radical (unpaired) electrons. The van der Waals surface area contributed by atoms with E-state index in [4.69, 9.17) is 9.47 Å². The zero-order valence-corrected chi connectivity index (χ0v) is 11.4. The lowest BCUT2D eigenvalue weighted by atomic mass is 9.96. The Bertz CT molecular complexity index is 617. The van der Waals surface area contributed by atoms with E-state index in [-0.39, 0.29) is 5.97 Å². The lowest BCUT2D eigenvalue weighted by molar-refractivity contribution is 0.0602. The average Bonchev–Trinajstić information content (AvgIpc) is 2.89. The quantitative estimate of drug-likeness (QED) is 0.794. The highest BCUT2D eigenvalue weighted by Crippen LogP contribution is 2.19. The highest BCUT2D eigenvalue weighted by atomic mass is 16.5. The van der Waals surface area contributed by atoms with E-state index in [1.54, 1.807) is 22.8 Å². The number of methoxy groups -OCH3 is 1. The minimum Gasteiger partial charge on any atom is -0.465 e. The summed E-state index contributed by atoms with van der Waals surface area (Å²) in [6.45, 7) is 1.62. The highest BCUT2D eigenvalue weighted by Gasteiger charge is 2.19. The summed E-state index contributed by atoms with van der Waals surface area (Å²) in [6, 6.07) is 3.47. The van der Waals surface area contributed by atoms with E-state index in [1.165, 1.54) is 7.11 Å². The second-order valence-corrected chi connectivity index (χ2v) is 4.97. The molecule has 0 unspecified atom stereocenters. The van der Waals surface area contributed by atoms with Gasteiger partial charge in [0, 0.05) is 25.8 Å². The van der Waals surface area contributed by atoms with E-state index < -0.39 is 0 Å². The molecule has 0 N–H and O–H groups in total. The first-order valence-corrected chi connectivity index (χ1v) is 6.78. The zero-order valence-electron chi connectivity index (χ0n) is 11.4. The summed E-state index contributed by atoms with van der Waals surface area (Å²) < 4.78 is 11.8. The molecule has 6 nitrogen and oxygen atoms in total. The number of hydrogen-bond acceptors (Lipinski definition) is 5. The Labute approximate surface area is 116 Å². The van der Waals surface area contributed by atoms with Crippen LogP contribution in [-0.2, 0) is 15.9 Å². The molecule has 106 valence electrons. The van der Waals surface area contributed by atoms with Crippen molar-refractivity contribution in [2.45, 2.75) is 19.3 Å². The van der Waals surface area contributed by atoms with Gasteiger partial charge in [0.05, 0.1) is 7.11 Å². The average molecular weight is 275 g/mol. The predicted molar refractivity (Wildman–Crippen MR) is 71.6 cm³/mol. The monoisotopic (exact) mass is 275 g/mol. The summed E-state index contributed by atoms with van der Waals surface area (Å²) in [7, 11) is 1.37. The van der Waals surface area contributed by atoms with Gasteiger partial charge in [-0.1, -0.05) is 0 Å². The number of rotatable bonds is 3. The Kier molecular flexibility index (Phi) is 3.64. The van der Waals surface area contributed by atoms with Gasteiger partial charge < -0.3 is 9.47 Å². The third kappa shape index (κ3) is 2.51. The van der Waals surface area contributed by atoms with Crippen molar-refractivity contribution in [3.8, 4) is 0 Å². The molecule has 2 aromatic heterocycles. The van der Waals surface area contributed by atoms with Crippen LogP contribution in [0.25, 0.3) is 5.65 Å². The van der Waals surface area contributed by atoms with E-state index in [1.807, 2.05) is 0 Å². The molecule has 0 aliphatic carbocycles. The van der Waals surface area contributed by atoms with Crippen LogP contribution in [0.5, 0.6) is 0 Å². The molecule has 1 aliphatic rings. The fourth-order valence-electron chi connectivity index (χ4n) is 2.51. The van der Waals surface area contributed by atoms with Gasteiger partial charge in [0.2, 0.25) is 0 Å². The van der Waals surface area contributed by atoms with Crippen molar-refractivity contribution in [3.63, 3.8) is 0 Å². The number of nitrogens with zero attached hydrogens (tertiary/aromatic N) is 3. The number of fused-ring (bicyclic) bond motifs is 1. The molecule has 1 fully saturated rings. The summed E-state index contributed by atoms with van der Waals surface area (Å²) in [5.74, 6) is 0.941. The molecule has 1 aliphatic heterocycles. The third-order valence-electron chi connectivity index (χ3n) is 3.62. The third-order valence-corrected chi connectivity index (χ3v) is 3.62. The normalized spacial score (nSPS) is 16.4. The number of pyridine rings is 1. The van der Waals surface area contributed by atoms with Gasteiger partial charge in [0.15, 0.2) is 11.5 Å². The Morgan fingerprint density at radius 2 is 2.30 bits per heavy atom. The number of hydrogen-bond donors (Lipinski definition) is 0. The van der Waals surface area contributed by atoms with Crippen LogP contribution >= 0.6 is 0 Å². The van der Waals surface area contributed by atoms with Crippen LogP contribution in [0.2, 0.25) is 0 Å². The maximum Gasteiger partial charge on any atom is 0.341 e. The first-order chi connectivity index (χ1) is 9.78. The minimum atomic E-state index is -0.388. The van der Waals surface area contributed by atoms with Crippen molar-refractivity contribution < 1.29 is 14.3 Å². The topological polar surface area (TPSA) is 65.7 Å². The molecule has 0 atom stereocenters. The molecular formula is C14H17N3O3. The first-order valence-electron chi connectivity index (χ1n) is 6.78. The van der Waals surface area contributed by atoms with Crippen molar-refractivity contribution >= 4 is 11.6 Å². The van der Waals surface area contributed by atoms with Crippen molar-refractivity contribution in [2.24, 2.45) is 5.92 Å². The molecule has 0 spiro atoms. The number of aromatic nitrogens is 3. The Balaban J connectivity index is 1.88. The Hall–Kier alpha value is -1.95. The zero-order chi connectivity index (χ0) is 13.9. The summed E-state index contributed by atoms with van der Waals surface area (Å²) in [4.78, 5) is 16.2. The summed E-state index contributed by atoms with van der Waals surface area (Å²) in [5, 5.41) is 4.44. The molecule has 0 saturated carbocycles. The summed E-state index contributed by atoms with van der Waals surface area (Å²) in [5.41, 5.74) is 1.00. The van der Waals surface area contributed by atoms with Crippen LogP contribution in [0.3, 0.4) is 0 Å². The number of esters is 1. The maximum absolute atomic E-state index is 11.7. The highest BCUT2D eigenvalue weighted by molar-refractivity contribution is 5.95. The fraction of sp³-hybridized carbons (Fsp3) is 0.500. The van der Waals surface area contributed by atoms with Crippen LogP contribution in [0, 0.1) is 5.92 Å². The second-order valence-electron chi connectivity index (χ2n) is 4.97. The molecule has 1 saturated heterocycles. The van der Waals surface area contributed by atoms with Gasteiger partial charge in [-0.3, -0.25) is 0 Å². The van der Waals surface area contributed by atoms with Gasteiger partial charge in [-0.05, 0) is 30.9 Å². The minimum absolute atomic E-state index is 0.388. The van der Waals surface area contributed by atoms with E-state index >= 15 is 0 Å². The molecule has 0 amide bonds. The van der Waals surface area contributed by atoms with Crippen molar-refractivity contribution in [1.82, 2.24) is 14.6 Å². The Morgan fingerprint density at radius 1 is 1.50 bits per heavy atom. The molecule has 20 heavy (non-hydrogen) atoms. The summed E-state index contributed by atoms with van der Waals surface area (Å²) in [6.07, 6.45) is 4.70. The van der Waals surface area contributed by atoms with Gasteiger partial charge in [0.25, 0.3) is 0 Å². The number of carbonyl (C=O) groups is 1. The lowest BCUT2D eigenvalue weighted by Crippen LogP contribution is -2.18. The lowest BCUT2D eigenvalue weighted by Gasteiger charge is -2.20. The van der Waals surface area contributed by atoms with Crippen molar-refractivity contribution in [1.29, 1.82) is 0 Å². The van der Waals surface area contributed by atoms with Gasteiger partial charge in [-0.2, -0.15) is 5.10 Å². The van der Waals surface area contributed by atoms with Gasteiger partial charge in [-0.15, -0.1) is 0 Å². The molecule has 3 rings (SSSR count). The second kappa shape index (κ2) is 5.58. The van der Waals surface area contributed by atoms with E-state index in [0.717, 1.165) is 38.3 Å². The van der Waals surface area contributed by atoms with Gasteiger partial charge >= 0.3 is 5.97 Å². The molecule has 3 heterocycles. The molecule has 0 bridgehead atoms. The van der Waals surface area contributed by atoms with E-state index in [9.17, 15) is 4.79 Å². The number of carbonyl (C=O) groups excluding carboxylic acids is 1. The van der Waals surface area contributed by atoms with Crippen molar-refractivity contribution in [3.05, 3.63) is 29.7 Å². The van der Waals surface area contributed by atoms with Crippen LogP contribution in [0.4, 0.5) is 0 Å². The molecule has 6 heteroatoms. The molecule has 0 aromatic carbocycles. The Morgan fingerprint density at radius 3 is 3.05 bits per heavy atom. The van der Waals surface area contributed by atoms with E-state index in [2.05, 4.69) is 10.1 Å². The fourth-order valence-corrected chi connectivity index (χ4v) is 2.51. The largest absolute Gasteiger partial charge is 0.465 e. The molecular weight excluding hydrogens is 258 g/mol. The number of ether oxygens (including phenoxy) is 2. The summed E-state index contributed by atoms with van der Waals surface area (Å²) >= 11 is 0. The van der Waals surface area contributed by atoms with Gasteiger partial charge in [0.1, 0.15) is 5.56 Å².